The van der Waals surface area contributed by atoms with Crippen LogP contribution >= 0.6 is 0 Å². The third-order valence-electron chi connectivity index (χ3n) is 4.27. The first-order chi connectivity index (χ1) is 13.2. The van der Waals surface area contributed by atoms with E-state index in [1.54, 1.807) is 18.5 Å². The number of aliphatic carboxylic acids is 1. The predicted octanol–water partition coefficient (Wildman–Crippen LogP) is 1.83. The van der Waals surface area contributed by atoms with E-state index in [0.29, 0.717) is 23.4 Å². The number of carboxylic acid groups (broad SMARTS) is 1. The molecule has 3 N–H and O–H groups in total. The SMILES string of the molecule is Cc1nn(-c2ccccc2)c(C)c1C(=O)NCC(=O)N[C@@H](CC(C)C)C(=O)O. The zero-order valence-corrected chi connectivity index (χ0v) is 16.5. The molecule has 150 valence electrons. The predicted molar refractivity (Wildman–Crippen MR) is 104 cm³/mol. The van der Waals surface area contributed by atoms with E-state index in [1.165, 1.54) is 0 Å². The van der Waals surface area contributed by atoms with Gasteiger partial charge in [0, 0.05) is 0 Å². The average Bonchev–Trinajstić information content (AvgIpc) is 2.94. The number of hydrogen-bond acceptors (Lipinski definition) is 4. The lowest BCUT2D eigenvalue weighted by molar-refractivity contribution is -0.142. The summed E-state index contributed by atoms with van der Waals surface area (Å²) in [6.45, 7) is 6.95. The van der Waals surface area contributed by atoms with E-state index in [-0.39, 0.29) is 12.5 Å². The summed E-state index contributed by atoms with van der Waals surface area (Å²) < 4.78 is 1.67. The highest BCUT2D eigenvalue weighted by molar-refractivity contribution is 5.98. The number of carboxylic acids is 1. The van der Waals surface area contributed by atoms with E-state index in [4.69, 9.17) is 0 Å². The van der Waals surface area contributed by atoms with E-state index in [9.17, 15) is 19.5 Å². The van der Waals surface area contributed by atoms with Crippen molar-refractivity contribution in [3.8, 4) is 5.69 Å². The molecular weight excluding hydrogens is 360 g/mol. The molecule has 8 heteroatoms. The van der Waals surface area contributed by atoms with Crippen molar-refractivity contribution in [3.05, 3.63) is 47.3 Å². The first kappa shape index (κ1) is 21.1. The highest BCUT2D eigenvalue weighted by atomic mass is 16.4. The number of nitrogens with zero attached hydrogens (tertiary/aromatic N) is 2. The van der Waals surface area contributed by atoms with Crippen molar-refractivity contribution in [1.82, 2.24) is 20.4 Å². The number of rotatable bonds is 8. The monoisotopic (exact) mass is 386 g/mol. The second-order valence-electron chi connectivity index (χ2n) is 7.06. The highest BCUT2D eigenvalue weighted by Gasteiger charge is 2.23. The van der Waals surface area contributed by atoms with Crippen LogP contribution in [0.5, 0.6) is 0 Å². The third-order valence-corrected chi connectivity index (χ3v) is 4.27. The number of nitrogens with one attached hydrogen (secondary N) is 2. The fourth-order valence-corrected chi connectivity index (χ4v) is 2.98. The first-order valence-electron chi connectivity index (χ1n) is 9.12. The number of benzene rings is 1. The molecule has 2 aromatic rings. The number of aromatic nitrogens is 2. The molecule has 0 aliphatic carbocycles. The van der Waals surface area contributed by atoms with Gasteiger partial charge in [0.25, 0.3) is 5.91 Å². The number of carbonyl (C=O) groups is 3. The summed E-state index contributed by atoms with van der Waals surface area (Å²) in [6, 6.07) is 8.45. The van der Waals surface area contributed by atoms with Gasteiger partial charge in [0.2, 0.25) is 5.91 Å². The van der Waals surface area contributed by atoms with Gasteiger partial charge in [-0.3, -0.25) is 9.59 Å². The van der Waals surface area contributed by atoms with E-state index in [0.717, 1.165) is 5.69 Å². The Balaban J connectivity index is 2.04. The lowest BCUT2D eigenvalue weighted by Gasteiger charge is -2.16. The fourth-order valence-electron chi connectivity index (χ4n) is 2.98. The zero-order valence-electron chi connectivity index (χ0n) is 16.5. The lowest BCUT2D eigenvalue weighted by atomic mass is 10.0. The van der Waals surface area contributed by atoms with Crippen LogP contribution in [-0.4, -0.2) is 45.3 Å². The van der Waals surface area contributed by atoms with E-state index in [1.807, 2.05) is 44.2 Å². The zero-order chi connectivity index (χ0) is 20.8. The average molecular weight is 386 g/mol. The first-order valence-corrected chi connectivity index (χ1v) is 9.12. The van der Waals surface area contributed by atoms with Crippen LogP contribution in [0.25, 0.3) is 5.69 Å². The molecule has 1 atom stereocenters. The smallest absolute Gasteiger partial charge is 0.326 e. The van der Waals surface area contributed by atoms with Gasteiger partial charge >= 0.3 is 5.97 Å². The van der Waals surface area contributed by atoms with Crippen molar-refractivity contribution in [3.63, 3.8) is 0 Å². The molecule has 0 radical (unpaired) electrons. The molecule has 0 saturated carbocycles. The molecule has 28 heavy (non-hydrogen) atoms. The van der Waals surface area contributed by atoms with Gasteiger partial charge in [-0.2, -0.15) is 5.10 Å². The molecule has 1 aromatic heterocycles. The molecule has 0 aliphatic rings. The lowest BCUT2D eigenvalue weighted by Crippen LogP contribution is -2.46. The standard InChI is InChI=1S/C20H26N4O4/c1-12(2)10-16(20(27)28)22-17(25)11-21-19(26)18-13(3)23-24(14(18)4)15-8-6-5-7-9-15/h5-9,12,16H,10-11H2,1-4H3,(H,21,26)(H,22,25)(H,27,28)/t16-/m0/s1. The van der Waals surface area contributed by atoms with Gasteiger partial charge in [0.05, 0.1) is 29.2 Å². The van der Waals surface area contributed by atoms with Gasteiger partial charge in [0.15, 0.2) is 0 Å². The van der Waals surface area contributed by atoms with Crippen molar-refractivity contribution in [2.24, 2.45) is 5.92 Å². The summed E-state index contributed by atoms with van der Waals surface area (Å²) in [4.78, 5) is 35.9. The van der Waals surface area contributed by atoms with Crippen molar-refractivity contribution in [2.45, 2.75) is 40.2 Å². The minimum Gasteiger partial charge on any atom is -0.480 e. The summed E-state index contributed by atoms with van der Waals surface area (Å²) in [5.41, 5.74) is 2.43. The second kappa shape index (κ2) is 9.16. The third kappa shape index (κ3) is 5.18. The van der Waals surface area contributed by atoms with Gasteiger partial charge in [-0.15, -0.1) is 0 Å². The quantitative estimate of drug-likeness (QED) is 0.641. The van der Waals surface area contributed by atoms with E-state index >= 15 is 0 Å². The van der Waals surface area contributed by atoms with Crippen LogP contribution in [0.15, 0.2) is 30.3 Å². The van der Waals surface area contributed by atoms with Crippen LogP contribution in [0.1, 0.15) is 42.0 Å². The van der Waals surface area contributed by atoms with Gasteiger partial charge in [0.1, 0.15) is 6.04 Å². The van der Waals surface area contributed by atoms with Gasteiger partial charge in [-0.05, 0) is 38.3 Å². The fraction of sp³-hybridized carbons (Fsp3) is 0.400. The molecule has 8 nitrogen and oxygen atoms in total. The topological polar surface area (TPSA) is 113 Å². The molecule has 0 saturated heterocycles. The van der Waals surface area contributed by atoms with Crippen LogP contribution in [0.3, 0.4) is 0 Å². The number of para-hydroxylation sites is 1. The Morgan fingerprint density at radius 3 is 2.36 bits per heavy atom. The van der Waals surface area contributed by atoms with E-state index < -0.39 is 23.8 Å². The van der Waals surface area contributed by atoms with Crippen LogP contribution in [0, 0.1) is 19.8 Å². The van der Waals surface area contributed by atoms with E-state index in [2.05, 4.69) is 15.7 Å². The molecule has 0 unspecified atom stereocenters. The maximum Gasteiger partial charge on any atom is 0.326 e. The van der Waals surface area contributed by atoms with Gasteiger partial charge in [-0.25, -0.2) is 9.48 Å². The molecule has 1 heterocycles. The number of carbonyl (C=O) groups excluding carboxylic acids is 2. The Morgan fingerprint density at radius 1 is 1.14 bits per heavy atom. The second-order valence-corrected chi connectivity index (χ2v) is 7.06. The van der Waals surface area contributed by atoms with Crippen molar-refractivity contribution < 1.29 is 19.5 Å². The molecule has 2 amide bonds. The van der Waals surface area contributed by atoms with Crippen LogP contribution in [0.4, 0.5) is 0 Å². The van der Waals surface area contributed by atoms with Crippen LogP contribution in [-0.2, 0) is 9.59 Å². The molecule has 0 spiro atoms. The van der Waals surface area contributed by atoms with Crippen molar-refractivity contribution >= 4 is 17.8 Å². The largest absolute Gasteiger partial charge is 0.480 e. The van der Waals surface area contributed by atoms with Crippen LogP contribution < -0.4 is 10.6 Å². The van der Waals surface area contributed by atoms with Crippen LogP contribution in [0.2, 0.25) is 0 Å². The maximum atomic E-state index is 12.6. The van der Waals surface area contributed by atoms with Crippen molar-refractivity contribution in [2.75, 3.05) is 6.54 Å². The molecule has 0 fully saturated rings. The Morgan fingerprint density at radius 2 is 1.79 bits per heavy atom. The summed E-state index contributed by atoms with van der Waals surface area (Å²) in [7, 11) is 0. The van der Waals surface area contributed by atoms with Crippen molar-refractivity contribution in [1.29, 1.82) is 0 Å². The number of amides is 2. The Labute approximate surface area is 163 Å². The molecule has 1 aromatic carbocycles. The summed E-state index contributed by atoms with van der Waals surface area (Å²) in [5, 5.41) is 18.6. The maximum absolute atomic E-state index is 12.6. The molecule has 0 bridgehead atoms. The molecular formula is C20H26N4O4. The number of hydrogen-bond donors (Lipinski definition) is 3. The number of aryl methyl sites for hydroxylation is 1. The Bertz CT molecular complexity index is 859. The summed E-state index contributed by atoms with van der Waals surface area (Å²) in [5.74, 6) is -1.95. The minimum atomic E-state index is -1.09. The molecule has 2 rings (SSSR count). The van der Waals surface area contributed by atoms with Gasteiger partial charge < -0.3 is 15.7 Å². The normalized spacial score (nSPS) is 11.9. The summed E-state index contributed by atoms with van der Waals surface area (Å²) >= 11 is 0. The Kier molecular flexibility index (Phi) is 6.92. The summed E-state index contributed by atoms with van der Waals surface area (Å²) in [6.07, 6.45) is 0.317. The highest BCUT2D eigenvalue weighted by Crippen LogP contribution is 2.17. The Hall–Kier alpha value is -3.16. The molecule has 0 aliphatic heterocycles. The minimum absolute atomic E-state index is 0.116. The van der Waals surface area contributed by atoms with Gasteiger partial charge in [-0.1, -0.05) is 32.0 Å².